The number of hydrogen-bond acceptors (Lipinski definition) is 3. The molecule has 1 saturated heterocycles. The average molecular weight is 317 g/mol. The number of ether oxygens (including phenoxy) is 1. The van der Waals surface area contributed by atoms with Crippen molar-refractivity contribution >= 4 is 11.8 Å². The zero-order chi connectivity index (χ0) is 16.6. The molecule has 2 heterocycles. The number of nitrogens with zero attached hydrogens (tertiary/aromatic N) is 2. The van der Waals surface area contributed by atoms with Crippen molar-refractivity contribution in [1.82, 2.24) is 9.88 Å². The fourth-order valence-corrected chi connectivity index (χ4v) is 2.47. The van der Waals surface area contributed by atoms with Gasteiger partial charge in [-0.15, -0.1) is 0 Å². The maximum absolute atomic E-state index is 13.2. The Balaban J connectivity index is 2.18. The highest BCUT2D eigenvalue weighted by molar-refractivity contribution is 5.88. The molecular weight excluding hydrogens is 299 g/mol. The molecule has 1 aliphatic heterocycles. The summed E-state index contributed by atoms with van der Waals surface area (Å²) >= 11 is 0. The third-order valence-corrected chi connectivity index (χ3v) is 3.35. The van der Waals surface area contributed by atoms with Crippen molar-refractivity contribution in [2.75, 3.05) is 18.4 Å². The minimum absolute atomic E-state index is 0.0529. The lowest BCUT2D eigenvalue weighted by atomic mass is 9.97. The molecule has 8 heteroatoms. The number of halogens is 3. The molecule has 1 aliphatic rings. The van der Waals surface area contributed by atoms with Crippen LogP contribution in [0.1, 0.15) is 20.8 Å². The molecule has 0 aliphatic carbocycles. The molecule has 122 valence electrons. The van der Waals surface area contributed by atoms with E-state index in [2.05, 4.69) is 10.3 Å². The number of nitrogens with one attached hydrogen (secondary N) is 1. The average Bonchev–Trinajstić information content (AvgIpc) is 2.36. The highest BCUT2D eigenvalue weighted by Gasteiger charge is 2.58. The van der Waals surface area contributed by atoms with E-state index in [1.54, 1.807) is 18.2 Å². The van der Waals surface area contributed by atoms with Crippen molar-refractivity contribution in [1.29, 1.82) is 0 Å². The van der Waals surface area contributed by atoms with Crippen LogP contribution in [0.5, 0.6) is 0 Å². The second-order valence-electron chi connectivity index (χ2n) is 6.09. The summed E-state index contributed by atoms with van der Waals surface area (Å²) in [7, 11) is 0. The molecule has 1 aromatic heterocycles. The first-order valence-corrected chi connectivity index (χ1v) is 6.76. The van der Waals surface area contributed by atoms with Gasteiger partial charge in [-0.25, -0.2) is 9.78 Å². The van der Waals surface area contributed by atoms with Gasteiger partial charge in [-0.1, -0.05) is 6.07 Å². The highest BCUT2D eigenvalue weighted by Crippen LogP contribution is 2.40. The number of amides is 2. The van der Waals surface area contributed by atoms with Crippen LogP contribution in [0, 0.1) is 0 Å². The monoisotopic (exact) mass is 317 g/mol. The Labute approximate surface area is 126 Å². The number of hydrogen-bond donors (Lipinski definition) is 1. The maximum atomic E-state index is 13.2. The Hall–Kier alpha value is -1.83. The van der Waals surface area contributed by atoms with E-state index in [1.165, 1.54) is 20.0 Å². The zero-order valence-corrected chi connectivity index (χ0v) is 12.6. The van der Waals surface area contributed by atoms with Crippen molar-refractivity contribution in [2.24, 2.45) is 0 Å². The number of carbonyl (C=O) groups is 1. The van der Waals surface area contributed by atoms with Gasteiger partial charge in [-0.3, -0.25) is 5.32 Å². The third kappa shape index (κ3) is 3.49. The van der Waals surface area contributed by atoms with Crippen LogP contribution >= 0.6 is 0 Å². The zero-order valence-electron chi connectivity index (χ0n) is 12.6. The number of carbonyl (C=O) groups excluding carboxylic acids is 1. The van der Waals surface area contributed by atoms with E-state index in [0.717, 1.165) is 11.8 Å². The Morgan fingerprint density at radius 1 is 1.32 bits per heavy atom. The molecule has 0 spiro atoms. The maximum Gasteiger partial charge on any atom is 0.418 e. The SMILES string of the molecule is CC1(C)CN(C(=O)Nc2ccccn2)C[C@@](C)(C(F)(F)F)O1. The first-order chi connectivity index (χ1) is 10.0. The normalized spacial score (nSPS) is 24.9. The van der Waals surface area contributed by atoms with Gasteiger partial charge in [0.15, 0.2) is 5.60 Å². The van der Waals surface area contributed by atoms with Crippen LogP contribution < -0.4 is 5.32 Å². The van der Waals surface area contributed by atoms with Crippen molar-refractivity contribution < 1.29 is 22.7 Å². The summed E-state index contributed by atoms with van der Waals surface area (Å²) in [6, 6.07) is 4.28. The minimum Gasteiger partial charge on any atom is -0.356 e. The number of urea groups is 1. The Kier molecular flexibility index (Phi) is 4.08. The van der Waals surface area contributed by atoms with E-state index in [4.69, 9.17) is 4.74 Å². The molecule has 1 atom stereocenters. The van der Waals surface area contributed by atoms with Crippen molar-refractivity contribution in [2.45, 2.75) is 38.1 Å². The second-order valence-corrected chi connectivity index (χ2v) is 6.09. The van der Waals surface area contributed by atoms with Crippen molar-refractivity contribution in [3.05, 3.63) is 24.4 Å². The quantitative estimate of drug-likeness (QED) is 0.866. The Bertz CT molecular complexity index is 548. The van der Waals surface area contributed by atoms with Crippen LogP contribution in [0.4, 0.5) is 23.8 Å². The predicted molar refractivity (Wildman–Crippen MR) is 74.5 cm³/mol. The van der Waals surface area contributed by atoms with Crippen LogP contribution in [0.15, 0.2) is 24.4 Å². The number of morpholine rings is 1. The number of alkyl halides is 3. The lowest BCUT2D eigenvalue weighted by Crippen LogP contribution is -2.65. The van der Waals surface area contributed by atoms with Crippen LogP contribution in [0.2, 0.25) is 0 Å². The van der Waals surface area contributed by atoms with E-state index < -0.39 is 30.0 Å². The Morgan fingerprint density at radius 3 is 2.55 bits per heavy atom. The van der Waals surface area contributed by atoms with Crippen LogP contribution in [-0.2, 0) is 4.74 Å². The van der Waals surface area contributed by atoms with E-state index in [1.807, 2.05) is 0 Å². The summed E-state index contributed by atoms with van der Waals surface area (Å²) in [4.78, 5) is 17.2. The molecule has 0 saturated carbocycles. The van der Waals surface area contributed by atoms with E-state index in [-0.39, 0.29) is 12.4 Å². The van der Waals surface area contributed by atoms with Gasteiger partial charge < -0.3 is 9.64 Å². The van der Waals surface area contributed by atoms with Gasteiger partial charge in [-0.2, -0.15) is 13.2 Å². The summed E-state index contributed by atoms with van der Waals surface area (Å²) < 4.78 is 44.9. The third-order valence-electron chi connectivity index (χ3n) is 3.35. The predicted octanol–water partition coefficient (Wildman–Crippen LogP) is 3.05. The molecule has 1 N–H and O–H groups in total. The van der Waals surface area contributed by atoms with Gasteiger partial charge >= 0.3 is 12.2 Å². The molecule has 5 nitrogen and oxygen atoms in total. The number of aromatic nitrogens is 1. The first-order valence-electron chi connectivity index (χ1n) is 6.76. The molecule has 0 radical (unpaired) electrons. The van der Waals surface area contributed by atoms with Crippen LogP contribution in [0.25, 0.3) is 0 Å². The number of anilines is 1. The minimum atomic E-state index is -4.58. The Morgan fingerprint density at radius 2 is 2.00 bits per heavy atom. The largest absolute Gasteiger partial charge is 0.418 e. The molecular formula is C14H18F3N3O2. The lowest BCUT2D eigenvalue weighted by molar-refractivity contribution is -0.318. The molecule has 2 rings (SSSR count). The topological polar surface area (TPSA) is 54.5 Å². The fourth-order valence-electron chi connectivity index (χ4n) is 2.47. The van der Waals surface area contributed by atoms with Crippen LogP contribution in [-0.4, -0.2) is 46.4 Å². The molecule has 1 aromatic rings. The molecule has 1 fully saturated rings. The van der Waals surface area contributed by atoms with E-state index in [0.29, 0.717) is 0 Å². The van der Waals surface area contributed by atoms with Gasteiger partial charge in [0.2, 0.25) is 0 Å². The van der Waals surface area contributed by atoms with Gasteiger partial charge in [0.05, 0.1) is 18.7 Å². The summed E-state index contributed by atoms with van der Waals surface area (Å²) in [5.41, 5.74) is -3.51. The first kappa shape index (κ1) is 16.5. The molecule has 2 amide bonds. The van der Waals surface area contributed by atoms with Crippen molar-refractivity contribution in [3.8, 4) is 0 Å². The van der Waals surface area contributed by atoms with Crippen LogP contribution in [0.3, 0.4) is 0 Å². The molecule has 0 aromatic carbocycles. The van der Waals surface area contributed by atoms with Gasteiger partial charge in [-0.05, 0) is 32.9 Å². The molecule has 22 heavy (non-hydrogen) atoms. The molecule has 0 bridgehead atoms. The van der Waals surface area contributed by atoms with Gasteiger partial charge in [0.25, 0.3) is 0 Å². The number of pyridine rings is 1. The summed E-state index contributed by atoms with van der Waals surface area (Å²) in [6.45, 7) is 3.49. The van der Waals surface area contributed by atoms with Gasteiger partial charge in [0, 0.05) is 6.20 Å². The summed E-state index contributed by atoms with van der Waals surface area (Å²) in [6.07, 6.45) is -3.09. The smallest absolute Gasteiger partial charge is 0.356 e. The van der Waals surface area contributed by atoms with Gasteiger partial charge in [0.1, 0.15) is 5.82 Å². The highest BCUT2D eigenvalue weighted by atomic mass is 19.4. The fraction of sp³-hybridized carbons (Fsp3) is 0.571. The number of rotatable bonds is 1. The summed E-state index contributed by atoms with van der Waals surface area (Å²) in [5.74, 6) is 0.283. The standard InChI is InChI=1S/C14H18F3N3O2/c1-12(2)8-20(9-13(3,22-12)14(15,16)17)11(21)19-10-6-4-5-7-18-10/h4-7H,8-9H2,1-3H3,(H,18,19,21)/t13-/m0/s1. The van der Waals surface area contributed by atoms with E-state index in [9.17, 15) is 18.0 Å². The van der Waals surface area contributed by atoms with E-state index >= 15 is 0 Å². The lowest BCUT2D eigenvalue weighted by Gasteiger charge is -2.48. The summed E-state index contributed by atoms with van der Waals surface area (Å²) in [5, 5.41) is 2.49. The second kappa shape index (κ2) is 5.42. The molecule has 0 unspecified atom stereocenters. The van der Waals surface area contributed by atoms with Crippen molar-refractivity contribution in [3.63, 3.8) is 0 Å².